The molecule has 0 aliphatic carbocycles. The van der Waals surface area contributed by atoms with Crippen LogP contribution in [0.1, 0.15) is 32.6 Å². The zero-order valence-electron chi connectivity index (χ0n) is 13.2. The van der Waals surface area contributed by atoms with Crippen LogP contribution < -0.4 is 15.6 Å². The van der Waals surface area contributed by atoms with Crippen LogP contribution in [0.3, 0.4) is 0 Å². The van der Waals surface area contributed by atoms with Gasteiger partial charge in [-0.15, -0.1) is 0 Å². The summed E-state index contributed by atoms with van der Waals surface area (Å²) < 4.78 is 10.5. The number of carbonyl (C=O) groups excluding carboxylic acids is 2. The first-order valence-corrected chi connectivity index (χ1v) is 7.29. The van der Waals surface area contributed by atoms with Crippen molar-refractivity contribution in [3.8, 4) is 0 Å². The maximum Gasteiger partial charge on any atom is 0.347 e. The third-order valence-electron chi connectivity index (χ3n) is 3.22. The first-order valence-electron chi connectivity index (χ1n) is 7.29. The van der Waals surface area contributed by atoms with Crippen LogP contribution in [0.4, 0.5) is 11.6 Å². The normalized spacial score (nSPS) is 10.4. The fraction of sp³-hybridized carbons (Fsp3) is 0.118. The van der Waals surface area contributed by atoms with Gasteiger partial charge in [0.25, 0.3) is 0 Å². The molecule has 3 rings (SSSR count). The lowest BCUT2D eigenvalue weighted by Crippen LogP contribution is -2.24. The predicted molar refractivity (Wildman–Crippen MR) is 85.8 cm³/mol. The summed E-state index contributed by atoms with van der Waals surface area (Å²) in [5, 5.41) is 5.33. The summed E-state index contributed by atoms with van der Waals surface area (Å²) in [5.74, 6) is 1.79. The average Bonchev–Trinajstić information content (AvgIpc) is 3.16. The lowest BCUT2D eigenvalue weighted by Gasteiger charge is -2.01. The smallest absolute Gasteiger partial charge is 0.347 e. The standard InChI is InChI=1S/C17H15N3O4/c1-10-6-8-12(23-10)16(21)19-14-4-3-5-15(18-14)20-17(22)13-9-7-11(2)24-13/h3-9H,1-2H3,(H2,18,19,20,21,22)/p+1. The van der Waals surface area contributed by atoms with Crippen molar-refractivity contribution in [2.45, 2.75) is 13.8 Å². The van der Waals surface area contributed by atoms with Gasteiger partial charge in [-0.3, -0.25) is 0 Å². The first-order chi connectivity index (χ1) is 11.5. The van der Waals surface area contributed by atoms with Crippen molar-refractivity contribution in [2.75, 3.05) is 10.6 Å². The van der Waals surface area contributed by atoms with Gasteiger partial charge in [0.15, 0.2) is 0 Å². The second-order valence-corrected chi connectivity index (χ2v) is 5.21. The summed E-state index contributed by atoms with van der Waals surface area (Å²) in [6.45, 7) is 3.52. The van der Waals surface area contributed by atoms with Gasteiger partial charge in [-0.05, 0) is 44.2 Å². The van der Waals surface area contributed by atoms with Crippen molar-refractivity contribution in [1.29, 1.82) is 0 Å². The summed E-state index contributed by atoms with van der Waals surface area (Å²) in [6.07, 6.45) is 0. The van der Waals surface area contributed by atoms with E-state index in [1.165, 1.54) is 0 Å². The van der Waals surface area contributed by atoms with Crippen molar-refractivity contribution in [1.82, 2.24) is 0 Å². The fourth-order valence-electron chi connectivity index (χ4n) is 2.10. The van der Waals surface area contributed by atoms with E-state index >= 15 is 0 Å². The molecule has 0 unspecified atom stereocenters. The molecule has 7 nitrogen and oxygen atoms in total. The first kappa shape index (κ1) is 15.5. The Hall–Kier alpha value is -3.35. The summed E-state index contributed by atoms with van der Waals surface area (Å²) >= 11 is 0. The Morgan fingerprint density at radius 1 is 0.792 bits per heavy atom. The van der Waals surface area contributed by atoms with E-state index in [-0.39, 0.29) is 23.3 Å². The van der Waals surface area contributed by atoms with Gasteiger partial charge in [0.05, 0.1) is 0 Å². The van der Waals surface area contributed by atoms with Crippen molar-refractivity contribution >= 4 is 23.5 Å². The van der Waals surface area contributed by atoms with E-state index in [1.807, 2.05) is 0 Å². The average molecular weight is 326 g/mol. The van der Waals surface area contributed by atoms with Gasteiger partial charge in [-0.25, -0.2) is 25.2 Å². The Morgan fingerprint density at radius 2 is 1.25 bits per heavy atom. The van der Waals surface area contributed by atoms with Gasteiger partial charge in [0, 0.05) is 12.1 Å². The molecule has 3 heterocycles. The van der Waals surface area contributed by atoms with E-state index in [9.17, 15) is 9.59 Å². The van der Waals surface area contributed by atoms with Gasteiger partial charge in [-0.1, -0.05) is 0 Å². The van der Waals surface area contributed by atoms with Crippen LogP contribution in [0, 0.1) is 13.8 Å². The van der Waals surface area contributed by atoms with E-state index < -0.39 is 0 Å². The van der Waals surface area contributed by atoms with Crippen LogP contribution in [0.15, 0.2) is 51.3 Å². The molecule has 0 saturated carbocycles. The molecule has 24 heavy (non-hydrogen) atoms. The Bertz CT molecular complexity index is 825. The number of hydrogen-bond donors (Lipinski definition) is 2. The zero-order chi connectivity index (χ0) is 17.1. The number of rotatable bonds is 4. The van der Waals surface area contributed by atoms with Crippen molar-refractivity contribution < 1.29 is 23.4 Å². The van der Waals surface area contributed by atoms with Crippen LogP contribution in [-0.4, -0.2) is 11.8 Å². The molecule has 0 saturated heterocycles. The maximum atomic E-state index is 12.1. The van der Waals surface area contributed by atoms with Gasteiger partial charge in [0.1, 0.15) is 11.5 Å². The molecule has 0 atom stereocenters. The second-order valence-electron chi connectivity index (χ2n) is 5.21. The molecular weight excluding hydrogens is 310 g/mol. The minimum absolute atomic E-state index is 0.210. The lowest BCUT2D eigenvalue weighted by atomic mass is 10.3. The molecule has 0 aliphatic heterocycles. The minimum atomic E-state index is -0.385. The van der Waals surface area contributed by atoms with Gasteiger partial charge in [-0.2, -0.15) is 0 Å². The summed E-state index contributed by atoms with van der Waals surface area (Å²) in [6, 6.07) is 11.6. The highest BCUT2D eigenvalue weighted by molar-refractivity contribution is 6.02. The molecule has 0 aliphatic rings. The number of nitrogens with one attached hydrogen (secondary N) is 3. The SMILES string of the molecule is Cc1ccc(C(=O)Nc2cccc(NC(=O)c3ccc(C)o3)[nH+]2)o1. The number of carbonyl (C=O) groups is 2. The Kier molecular flexibility index (Phi) is 4.15. The molecule has 0 aromatic carbocycles. The highest BCUT2D eigenvalue weighted by Gasteiger charge is 2.17. The summed E-state index contributed by atoms with van der Waals surface area (Å²) in [4.78, 5) is 27.0. The van der Waals surface area contributed by atoms with Crippen molar-refractivity contribution in [3.05, 3.63) is 65.5 Å². The monoisotopic (exact) mass is 326 g/mol. The largest absolute Gasteiger partial charge is 0.455 e. The van der Waals surface area contributed by atoms with Gasteiger partial charge in [0.2, 0.25) is 23.2 Å². The van der Waals surface area contributed by atoms with Crippen LogP contribution in [0.2, 0.25) is 0 Å². The number of aromatic nitrogens is 1. The Balaban J connectivity index is 1.70. The molecule has 0 fully saturated rings. The number of pyridine rings is 1. The van der Waals surface area contributed by atoms with Crippen LogP contribution >= 0.6 is 0 Å². The van der Waals surface area contributed by atoms with E-state index in [0.717, 1.165) is 0 Å². The molecule has 3 aromatic heterocycles. The third-order valence-corrected chi connectivity index (χ3v) is 3.22. The van der Waals surface area contributed by atoms with Crippen LogP contribution in [0.25, 0.3) is 0 Å². The number of anilines is 2. The van der Waals surface area contributed by atoms with E-state index in [2.05, 4.69) is 15.6 Å². The van der Waals surface area contributed by atoms with Gasteiger partial charge < -0.3 is 8.83 Å². The van der Waals surface area contributed by atoms with Crippen LogP contribution in [0.5, 0.6) is 0 Å². The van der Waals surface area contributed by atoms with Crippen LogP contribution in [-0.2, 0) is 0 Å². The predicted octanol–water partition coefficient (Wildman–Crippen LogP) is 2.81. The number of aryl methyl sites for hydroxylation is 2. The van der Waals surface area contributed by atoms with Gasteiger partial charge >= 0.3 is 11.8 Å². The lowest BCUT2D eigenvalue weighted by molar-refractivity contribution is -0.343. The van der Waals surface area contributed by atoms with E-state index in [0.29, 0.717) is 23.2 Å². The number of H-pyrrole nitrogens is 1. The number of amides is 2. The minimum Gasteiger partial charge on any atom is -0.455 e. The summed E-state index contributed by atoms with van der Waals surface area (Å²) in [7, 11) is 0. The maximum absolute atomic E-state index is 12.1. The molecule has 7 heteroatoms. The molecular formula is C17H16N3O4+. The van der Waals surface area contributed by atoms with E-state index in [4.69, 9.17) is 8.83 Å². The molecule has 122 valence electrons. The number of furan rings is 2. The number of hydrogen-bond acceptors (Lipinski definition) is 4. The molecule has 3 N–H and O–H groups in total. The highest BCUT2D eigenvalue weighted by Crippen LogP contribution is 2.11. The Labute approximate surface area is 137 Å². The molecule has 0 bridgehead atoms. The van der Waals surface area contributed by atoms with E-state index in [1.54, 1.807) is 56.3 Å². The fourth-order valence-corrected chi connectivity index (χ4v) is 2.10. The van der Waals surface area contributed by atoms with Crippen molar-refractivity contribution in [3.63, 3.8) is 0 Å². The molecule has 0 spiro atoms. The number of aromatic amines is 1. The quantitative estimate of drug-likeness (QED) is 0.770. The molecule has 2 amide bonds. The Morgan fingerprint density at radius 3 is 1.62 bits per heavy atom. The zero-order valence-corrected chi connectivity index (χ0v) is 13.2. The topological polar surface area (TPSA) is 98.6 Å². The second kappa shape index (κ2) is 6.41. The third kappa shape index (κ3) is 3.52. The molecule has 3 aromatic rings. The highest BCUT2D eigenvalue weighted by atomic mass is 16.4. The molecule has 0 radical (unpaired) electrons. The van der Waals surface area contributed by atoms with Crippen molar-refractivity contribution in [2.24, 2.45) is 0 Å². The summed E-state index contributed by atoms with van der Waals surface area (Å²) in [5.41, 5.74) is 0.